The summed E-state index contributed by atoms with van der Waals surface area (Å²) in [6.07, 6.45) is 9.05. The Hall–Kier alpha value is -5.02. The Morgan fingerprint density at radius 3 is 2.66 bits per heavy atom. The Morgan fingerprint density at radius 2 is 1.80 bits per heavy atom. The van der Waals surface area contributed by atoms with Crippen molar-refractivity contribution < 1.29 is 38.1 Å². The van der Waals surface area contributed by atoms with Crippen molar-refractivity contribution in [2.24, 2.45) is 0 Å². The van der Waals surface area contributed by atoms with Crippen LogP contribution >= 0.6 is 0 Å². The number of benzene rings is 3. The number of ether oxygens (including phenoxy) is 3. The highest BCUT2D eigenvalue weighted by Crippen LogP contribution is 2.39. The van der Waals surface area contributed by atoms with Gasteiger partial charge in [-0.05, 0) is 92.1 Å². The molecule has 1 spiro atoms. The number of anilines is 1. The van der Waals surface area contributed by atoms with Gasteiger partial charge < -0.3 is 44.7 Å². The number of likely N-dealkylation sites (tertiary alicyclic amines) is 1. The summed E-state index contributed by atoms with van der Waals surface area (Å²) in [7, 11) is 0. The van der Waals surface area contributed by atoms with Gasteiger partial charge in [-0.2, -0.15) is 0 Å². The molecule has 4 N–H and O–H groups in total. The van der Waals surface area contributed by atoms with Crippen molar-refractivity contribution in [3.8, 4) is 11.5 Å². The summed E-state index contributed by atoms with van der Waals surface area (Å²) in [5.41, 5.74) is 4.56. The second-order valence-electron chi connectivity index (χ2n) is 17.0. The molecule has 3 fully saturated rings. The molecule has 4 aromatic rings. The van der Waals surface area contributed by atoms with Gasteiger partial charge >= 0.3 is 0 Å². The molecule has 4 aliphatic rings. The molecular weight excluding hydrogens is 780 g/mol. The average Bonchev–Trinajstić information content (AvgIpc) is 3.70. The van der Waals surface area contributed by atoms with E-state index in [9.17, 15) is 23.9 Å². The molecule has 4 heterocycles. The van der Waals surface area contributed by atoms with Crippen LogP contribution in [0.1, 0.15) is 78.5 Å². The Labute approximate surface area is 356 Å². The topological polar surface area (TPSA) is 149 Å². The number of aromatic amines is 1. The number of morpholine rings is 1. The number of fused-ring (bicyclic) bond motifs is 2. The van der Waals surface area contributed by atoms with E-state index in [0.29, 0.717) is 87.9 Å². The lowest BCUT2D eigenvalue weighted by molar-refractivity contribution is -0.135. The number of phenols is 1. The van der Waals surface area contributed by atoms with Gasteiger partial charge in [-0.3, -0.25) is 19.3 Å². The molecule has 0 bridgehead atoms. The van der Waals surface area contributed by atoms with Gasteiger partial charge in [-0.1, -0.05) is 49.6 Å². The van der Waals surface area contributed by atoms with E-state index in [2.05, 4.69) is 49.7 Å². The zero-order chi connectivity index (χ0) is 42.2. The molecule has 3 amide bonds. The largest absolute Gasteiger partial charge is 0.506 e. The van der Waals surface area contributed by atoms with Crippen molar-refractivity contribution in [2.75, 3.05) is 77.6 Å². The summed E-state index contributed by atoms with van der Waals surface area (Å²) in [5, 5.41) is 17.0. The standard InChI is InChI=1S/C47H59FN6O7/c48-37-10-11-39-36(28-37)29-40(50-39)46(58)53-23-26-61-47(32-53)16-20-52(21-17-47)30-34-6-4-5-33(27-34)14-24-59-25-15-43(57)54(38-7-2-1-3-8-38)22-19-49-18-13-35-9-12-41(55)44-45(35)60-31-42(56)51-44/h4-6,9-12,27-29,38,49-50,55H,1-3,7-8,13-26,30-32H2,(H,51,56). The van der Waals surface area contributed by atoms with Crippen LogP contribution < -0.4 is 15.4 Å². The van der Waals surface area contributed by atoms with Gasteiger partial charge in [0, 0.05) is 56.2 Å². The van der Waals surface area contributed by atoms with Gasteiger partial charge in [0.05, 0.1) is 38.4 Å². The van der Waals surface area contributed by atoms with Gasteiger partial charge in [-0.15, -0.1) is 0 Å². The fraction of sp³-hybridized carbons (Fsp3) is 0.511. The number of nitrogens with zero attached hydrogens (tertiary/aromatic N) is 3. The summed E-state index contributed by atoms with van der Waals surface area (Å²) in [5.74, 6) is -0.0344. The van der Waals surface area contributed by atoms with Crippen LogP contribution in [0, 0.1) is 5.82 Å². The van der Waals surface area contributed by atoms with E-state index in [1.54, 1.807) is 18.2 Å². The normalized spacial score (nSPS) is 18.2. The van der Waals surface area contributed by atoms with Crippen LogP contribution in [0.3, 0.4) is 0 Å². The molecule has 1 aromatic heterocycles. The number of H-pyrrole nitrogens is 1. The molecule has 2 saturated heterocycles. The first-order valence-corrected chi connectivity index (χ1v) is 22.1. The van der Waals surface area contributed by atoms with E-state index in [0.717, 1.165) is 75.7 Å². The van der Waals surface area contributed by atoms with Crippen LogP contribution in [0.5, 0.6) is 11.5 Å². The van der Waals surface area contributed by atoms with Gasteiger partial charge in [0.15, 0.2) is 12.4 Å². The number of amides is 3. The number of phenolic OH excluding ortho intramolecular Hbond substituents is 1. The first-order valence-electron chi connectivity index (χ1n) is 22.1. The summed E-state index contributed by atoms with van der Waals surface area (Å²) < 4.78 is 31.8. The fourth-order valence-electron chi connectivity index (χ4n) is 9.43. The Balaban J connectivity index is 0.747. The predicted molar refractivity (Wildman–Crippen MR) is 230 cm³/mol. The number of aromatic nitrogens is 1. The van der Waals surface area contributed by atoms with Crippen LogP contribution in [-0.2, 0) is 38.4 Å². The minimum absolute atomic E-state index is 0.0100. The number of rotatable bonds is 16. The van der Waals surface area contributed by atoms with Crippen molar-refractivity contribution in [1.29, 1.82) is 0 Å². The Kier molecular flexibility index (Phi) is 13.8. The number of aromatic hydroxyl groups is 1. The van der Waals surface area contributed by atoms with E-state index < -0.39 is 0 Å². The van der Waals surface area contributed by atoms with Crippen LogP contribution in [0.15, 0.2) is 60.7 Å². The number of carbonyl (C=O) groups excluding carboxylic acids is 3. The van der Waals surface area contributed by atoms with Crippen molar-refractivity contribution in [2.45, 2.75) is 82.4 Å². The van der Waals surface area contributed by atoms with Gasteiger partial charge in [0.1, 0.15) is 22.9 Å². The molecule has 61 heavy (non-hydrogen) atoms. The van der Waals surface area contributed by atoms with E-state index in [1.165, 1.54) is 29.7 Å². The van der Waals surface area contributed by atoms with Crippen molar-refractivity contribution >= 4 is 34.3 Å². The van der Waals surface area contributed by atoms with E-state index in [-0.39, 0.29) is 47.5 Å². The van der Waals surface area contributed by atoms with Gasteiger partial charge in [0.2, 0.25) is 5.91 Å². The number of hydrogen-bond donors (Lipinski definition) is 4. The van der Waals surface area contributed by atoms with Gasteiger partial charge in [0.25, 0.3) is 11.8 Å². The molecule has 14 heteroatoms. The summed E-state index contributed by atoms with van der Waals surface area (Å²) in [6.45, 7) is 7.01. The summed E-state index contributed by atoms with van der Waals surface area (Å²) >= 11 is 0. The van der Waals surface area contributed by atoms with E-state index in [1.807, 2.05) is 11.0 Å². The maximum atomic E-state index is 13.7. The summed E-state index contributed by atoms with van der Waals surface area (Å²) in [6, 6.07) is 18.5. The second kappa shape index (κ2) is 19.8. The van der Waals surface area contributed by atoms with Crippen molar-refractivity contribution in [1.82, 2.24) is 25.0 Å². The van der Waals surface area contributed by atoms with Crippen LogP contribution in [-0.4, -0.2) is 126 Å². The molecule has 1 saturated carbocycles. The average molecular weight is 839 g/mol. The maximum Gasteiger partial charge on any atom is 0.270 e. The molecular formula is C47H59FN6O7. The minimum atomic E-state index is -0.359. The zero-order valence-corrected chi connectivity index (χ0v) is 35.0. The van der Waals surface area contributed by atoms with Crippen LogP contribution in [0.25, 0.3) is 10.9 Å². The molecule has 3 aromatic carbocycles. The van der Waals surface area contributed by atoms with Crippen LogP contribution in [0.2, 0.25) is 0 Å². The second-order valence-corrected chi connectivity index (χ2v) is 17.0. The van der Waals surface area contributed by atoms with E-state index >= 15 is 0 Å². The Morgan fingerprint density at radius 1 is 0.967 bits per heavy atom. The number of halogens is 1. The summed E-state index contributed by atoms with van der Waals surface area (Å²) in [4.78, 5) is 48.3. The lowest BCUT2D eigenvalue weighted by Crippen LogP contribution is -2.58. The first kappa shape index (κ1) is 42.7. The highest BCUT2D eigenvalue weighted by molar-refractivity contribution is 5.98. The maximum absolute atomic E-state index is 13.7. The number of nitrogens with one attached hydrogen (secondary N) is 3. The fourth-order valence-corrected chi connectivity index (χ4v) is 9.43. The molecule has 3 aliphatic heterocycles. The lowest BCUT2D eigenvalue weighted by atomic mass is 9.89. The third-order valence-corrected chi connectivity index (χ3v) is 12.8. The van der Waals surface area contributed by atoms with Crippen LogP contribution in [0.4, 0.5) is 10.1 Å². The smallest absolute Gasteiger partial charge is 0.270 e. The third-order valence-electron chi connectivity index (χ3n) is 12.8. The minimum Gasteiger partial charge on any atom is -0.506 e. The van der Waals surface area contributed by atoms with Gasteiger partial charge in [-0.25, -0.2) is 4.39 Å². The molecule has 326 valence electrons. The molecule has 0 radical (unpaired) electrons. The predicted octanol–water partition coefficient (Wildman–Crippen LogP) is 5.79. The SMILES string of the molecule is O=C1COc2c(CCNCCN(C(=O)CCOCCc3cccc(CN4CCC5(CC4)CN(C(=O)c4cc6cc(F)ccc6[nH]4)CCO5)c3)C3CCCCC3)ccc(O)c2N1. The zero-order valence-electron chi connectivity index (χ0n) is 35.0. The Bertz CT molecular complexity index is 2160. The molecule has 8 rings (SSSR count). The number of carbonyl (C=O) groups is 3. The number of hydrogen-bond acceptors (Lipinski definition) is 9. The highest BCUT2D eigenvalue weighted by Gasteiger charge is 2.41. The third kappa shape index (κ3) is 10.7. The van der Waals surface area contributed by atoms with Crippen molar-refractivity contribution in [3.05, 3.63) is 88.9 Å². The first-order chi connectivity index (χ1) is 29.7. The molecule has 0 atom stereocenters. The highest BCUT2D eigenvalue weighted by atomic mass is 19.1. The quantitative estimate of drug-likeness (QED) is 0.0813. The number of piperidine rings is 1. The lowest BCUT2D eigenvalue weighted by Gasteiger charge is -2.47. The molecule has 1 aliphatic carbocycles. The molecule has 0 unspecified atom stereocenters. The van der Waals surface area contributed by atoms with Crippen molar-refractivity contribution in [3.63, 3.8) is 0 Å². The monoisotopic (exact) mass is 838 g/mol. The van der Waals surface area contributed by atoms with E-state index in [4.69, 9.17) is 14.2 Å². The molecule has 13 nitrogen and oxygen atoms in total.